The molecule has 62 valence electrons. The molecule has 0 aromatic heterocycles. The Morgan fingerprint density at radius 3 is 2.83 bits per heavy atom. The molecule has 2 rings (SSSR count). The van der Waals surface area contributed by atoms with E-state index in [1.807, 2.05) is 24.3 Å². The maximum Gasteiger partial charge on any atom is 0.255 e. The average Bonchev–Trinajstić information content (AvgIpc) is 2.44. The van der Waals surface area contributed by atoms with E-state index in [-0.39, 0.29) is 11.9 Å². The number of alkyl halides is 1. The van der Waals surface area contributed by atoms with Crippen LogP contribution in [0.1, 0.15) is 15.9 Å². The van der Waals surface area contributed by atoms with E-state index >= 15 is 0 Å². The highest BCUT2D eigenvalue weighted by Crippen LogP contribution is 2.21. The van der Waals surface area contributed by atoms with Gasteiger partial charge in [0.05, 0.1) is 6.00 Å². The van der Waals surface area contributed by atoms with Crippen LogP contribution in [0.3, 0.4) is 0 Å². The zero-order valence-electron chi connectivity index (χ0n) is 6.46. The Bertz CT molecular complexity index is 324. The Balaban J connectivity index is 2.42. The van der Waals surface area contributed by atoms with E-state index in [4.69, 9.17) is 11.6 Å². The fraction of sp³-hybridized carbons (Fsp3) is 0.222. The van der Waals surface area contributed by atoms with Gasteiger partial charge >= 0.3 is 0 Å². The molecule has 0 atom stereocenters. The van der Waals surface area contributed by atoms with E-state index in [0.29, 0.717) is 6.54 Å². The SMILES string of the molecule is O=C1c2ccccc2CN1CCl. The van der Waals surface area contributed by atoms with E-state index in [2.05, 4.69) is 0 Å². The van der Waals surface area contributed by atoms with Gasteiger partial charge in [-0.05, 0) is 11.6 Å². The zero-order chi connectivity index (χ0) is 8.55. The molecule has 0 aliphatic carbocycles. The van der Waals surface area contributed by atoms with Crippen LogP contribution in [0.2, 0.25) is 0 Å². The number of carbonyl (C=O) groups is 1. The minimum atomic E-state index is 0.0422. The molecule has 0 saturated carbocycles. The van der Waals surface area contributed by atoms with Gasteiger partial charge in [0, 0.05) is 12.1 Å². The molecule has 0 saturated heterocycles. The first kappa shape index (κ1) is 7.62. The Labute approximate surface area is 75.7 Å². The predicted octanol–water partition coefficient (Wildman–Crippen LogP) is 1.84. The first-order valence-corrected chi connectivity index (χ1v) is 4.29. The molecule has 1 aliphatic heterocycles. The summed E-state index contributed by atoms with van der Waals surface area (Å²) in [6, 6.07) is 7.87. The van der Waals surface area contributed by atoms with Crippen molar-refractivity contribution in [3.05, 3.63) is 35.4 Å². The largest absolute Gasteiger partial charge is 0.321 e. The van der Waals surface area contributed by atoms with Crippen molar-refractivity contribution in [2.24, 2.45) is 0 Å². The second kappa shape index (κ2) is 2.79. The quantitative estimate of drug-likeness (QED) is 0.478. The molecule has 2 nitrogen and oxygen atoms in total. The minimum absolute atomic E-state index is 0.0422. The van der Waals surface area contributed by atoms with Crippen LogP contribution in [0.5, 0.6) is 0 Å². The van der Waals surface area contributed by atoms with Gasteiger partial charge in [-0.1, -0.05) is 18.2 Å². The van der Waals surface area contributed by atoms with Crippen molar-refractivity contribution in [3.8, 4) is 0 Å². The number of nitrogens with zero attached hydrogens (tertiary/aromatic N) is 1. The Kier molecular flexibility index (Phi) is 1.77. The average molecular weight is 182 g/mol. The molecule has 1 heterocycles. The summed E-state index contributed by atoms with van der Waals surface area (Å²) in [6.07, 6.45) is 0. The lowest BCUT2D eigenvalue weighted by Gasteiger charge is -2.09. The third kappa shape index (κ3) is 0.994. The van der Waals surface area contributed by atoms with Crippen LogP contribution in [0.25, 0.3) is 0 Å². The van der Waals surface area contributed by atoms with Gasteiger partial charge in [0.2, 0.25) is 0 Å². The lowest BCUT2D eigenvalue weighted by molar-refractivity contribution is 0.0806. The van der Waals surface area contributed by atoms with Crippen molar-refractivity contribution in [2.45, 2.75) is 6.54 Å². The number of halogens is 1. The molecule has 0 fully saturated rings. The second-order valence-electron chi connectivity index (χ2n) is 2.78. The summed E-state index contributed by atoms with van der Waals surface area (Å²) < 4.78 is 0. The number of fused-ring (bicyclic) bond motifs is 1. The van der Waals surface area contributed by atoms with Gasteiger partial charge in [-0.3, -0.25) is 4.79 Å². The normalized spacial score (nSPS) is 15.1. The molecule has 1 amide bonds. The van der Waals surface area contributed by atoms with Gasteiger partial charge in [-0.25, -0.2) is 0 Å². The monoisotopic (exact) mass is 181 g/mol. The Morgan fingerprint density at radius 2 is 2.17 bits per heavy atom. The van der Waals surface area contributed by atoms with Gasteiger partial charge in [0.15, 0.2) is 0 Å². The summed E-state index contributed by atoms with van der Waals surface area (Å²) in [7, 11) is 0. The molecular weight excluding hydrogens is 174 g/mol. The lowest BCUT2D eigenvalue weighted by atomic mass is 10.1. The molecule has 0 bridgehead atoms. The molecule has 0 unspecified atom stereocenters. The first-order valence-electron chi connectivity index (χ1n) is 3.76. The van der Waals surface area contributed by atoms with Crippen molar-refractivity contribution in [1.29, 1.82) is 0 Å². The van der Waals surface area contributed by atoms with E-state index in [1.165, 1.54) is 0 Å². The highest BCUT2D eigenvalue weighted by atomic mass is 35.5. The molecule has 0 N–H and O–H groups in total. The number of amides is 1. The number of carbonyl (C=O) groups excluding carboxylic acids is 1. The smallest absolute Gasteiger partial charge is 0.255 e. The van der Waals surface area contributed by atoms with Gasteiger partial charge in [-0.15, -0.1) is 11.6 Å². The van der Waals surface area contributed by atoms with Crippen molar-refractivity contribution in [3.63, 3.8) is 0 Å². The summed E-state index contributed by atoms with van der Waals surface area (Å²) in [5.74, 6) is 0.0422. The van der Waals surface area contributed by atoms with Gasteiger partial charge in [0.25, 0.3) is 5.91 Å². The summed E-state index contributed by atoms with van der Waals surface area (Å²) >= 11 is 5.60. The second-order valence-corrected chi connectivity index (χ2v) is 3.02. The van der Waals surface area contributed by atoms with Crippen LogP contribution in [0, 0.1) is 0 Å². The van der Waals surface area contributed by atoms with Crippen LogP contribution < -0.4 is 0 Å². The van der Waals surface area contributed by atoms with E-state index in [9.17, 15) is 4.79 Å². The zero-order valence-corrected chi connectivity index (χ0v) is 7.21. The topological polar surface area (TPSA) is 20.3 Å². The molecule has 1 aromatic carbocycles. The summed E-state index contributed by atoms with van der Waals surface area (Å²) in [4.78, 5) is 13.1. The summed E-state index contributed by atoms with van der Waals surface area (Å²) in [5.41, 5.74) is 1.86. The molecular formula is C9H8ClNO. The fourth-order valence-corrected chi connectivity index (χ4v) is 1.60. The number of rotatable bonds is 1. The van der Waals surface area contributed by atoms with Crippen LogP contribution in [0.15, 0.2) is 24.3 Å². The first-order chi connectivity index (χ1) is 5.83. The highest BCUT2D eigenvalue weighted by Gasteiger charge is 2.25. The number of hydrogen-bond donors (Lipinski definition) is 0. The van der Waals surface area contributed by atoms with E-state index < -0.39 is 0 Å². The Hall–Kier alpha value is -1.02. The van der Waals surface area contributed by atoms with Crippen molar-refractivity contribution in [2.75, 3.05) is 6.00 Å². The third-order valence-electron chi connectivity index (χ3n) is 2.04. The third-order valence-corrected chi connectivity index (χ3v) is 2.33. The summed E-state index contributed by atoms with van der Waals surface area (Å²) in [6.45, 7) is 0.651. The van der Waals surface area contributed by atoms with Gasteiger partial charge < -0.3 is 4.90 Å². The van der Waals surface area contributed by atoms with Gasteiger partial charge in [-0.2, -0.15) is 0 Å². The highest BCUT2D eigenvalue weighted by molar-refractivity contribution is 6.19. The summed E-state index contributed by atoms with van der Waals surface area (Å²) in [5, 5.41) is 0. The van der Waals surface area contributed by atoms with Crippen LogP contribution in [-0.4, -0.2) is 16.8 Å². The Morgan fingerprint density at radius 1 is 1.42 bits per heavy atom. The number of benzene rings is 1. The number of hydrogen-bond acceptors (Lipinski definition) is 1. The van der Waals surface area contributed by atoms with Crippen molar-refractivity contribution >= 4 is 17.5 Å². The van der Waals surface area contributed by atoms with E-state index in [1.54, 1.807) is 4.90 Å². The molecule has 1 aromatic rings. The van der Waals surface area contributed by atoms with Crippen LogP contribution >= 0.6 is 11.6 Å². The van der Waals surface area contributed by atoms with Crippen LogP contribution in [0.4, 0.5) is 0 Å². The molecule has 0 radical (unpaired) electrons. The molecule has 3 heteroatoms. The molecule has 1 aliphatic rings. The maximum absolute atomic E-state index is 11.5. The van der Waals surface area contributed by atoms with E-state index in [0.717, 1.165) is 11.1 Å². The molecule has 0 spiro atoms. The fourth-order valence-electron chi connectivity index (χ4n) is 1.41. The predicted molar refractivity (Wildman–Crippen MR) is 47.0 cm³/mol. The maximum atomic E-state index is 11.5. The van der Waals surface area contributed by atoms with Crippen LogP contribution in [-0.2, 0) is 6.54 Å². The molecule has 12 heavy (non-hydrogen) atoms. The van der Waals surface area contributed by atoms with Crippen molar-refractivity contribution in [1.82, 2.24) is 4.90 Å². The van der Waals surface area contributed by atoms with Gasteiger partial charge in [0.1, 0.15) is 0 Å². The lowest BCUT2D eigenvalue weighted by Crippen LogP contribution is -2.21. The minimum Gasteiger partial charge on any atom is -0.321 e. The van der Waals surface area contributed by atoms with Crippen molar-refractivity contribution < 1.29 is 4.79 Å². The standard InChI is InChI=1S/C9H8ClNO/c10-6-11-5-7-3-1-2-4-8(7)9(11)12/h1-4H,5-6H2.